The monoisotopic (exact) mass is 413 g/mol. The zero-order valence-electron chi connectivity index (χ0n) is 18.4. The molecule has 6 heteroatoms. The van der Waals surface area contributed by atoms with Crippen molar-refractivity contribution in [1.29, 1.82) is 0 Å². The van der Waals surface area contributed by atoms with Gasteiger partial charge >= 0.3 is 0 Å². The molecule has 4 aliphatic rings. The second kappa shape index (κ2) is 8.21. The van der Waals surface area contributed by atoms with E-state index in [0.29, 0.717) is 36.8 Å². The van der Waals surface area contributed by atoms with Crippen molar-refractivity contribution in [2.45, 2.75) is 51.7 Å². The molecular formula is C24H35N3O3. The summed E-state index contributed by atoms with van der Waals surface area (Å²) in [4.78, 5) is 20.6. The molecule has 1 amide bonds. The Kier molecular flexibility index (Phi) is 5.58. The topological polar surface area (TPSA) is 63.7 Å². The summed E-state index contributed by atoms with van der Waals surface area (Å²) in [5, 5.41) is 3.55. The number of nitrogens with one attached hydrogen (secondary N) is 1. The van der Waals surface area contributed by atoms with Crippen LogP contribution in [0, 0.1) is 30.1 Å². The first kappa shape index (κ1) is 20.4. The van der Waals surface area contributed by atoms with Gasteiger partial charge in [-0.3, -0.25) is 9.78 Å². The van der Waals surface area contributed by atoms with Crippen LogP contribution in [0.2, 0.25) is 0 Å². The van der Waals surface area contributed by atoms with Gasteiger partial charge in [-0.15, -0.1) is 0 Å². The summed E-state index contributed by atoms with van der Waals surface area (Å²) in [6, 6.07) is 2.21. The highest BCUT2D eigenvalue weighted by molar-refractivity contribution is 5.84. The third kappa shape index (κ3) is 3.57. The van der Waals surface area contributed by atoms with Gasteiger partial charge in [-0.1, -0.05) is 6.07 Å². The number of aryl methyl sites for hydroxylation is 1. The molecule has 1 saturated carbocycles. The molecule has 5 rings (SSSR count). The molecule has 0 aromatic carbocycles. The lowest BCUT2D eigenvalue weighted by Crippen LogP contribution is -2.48. The van der Waals surface area contributed by atoms with Crippen LogP contribution in [0.1, 0.15) is 42.5 Å². The molecule has 0 spiro atoms. The van der Waals surface area contributed by atoms with Crippen LogP contribution >= 0.6 is 0 Å². The van der Waals surface area contributed by atoms with E-state index in [1.807, 2.05) is 6.20 Å². The molecule has 0 radical (unpaired) electrons. The second-order valence-corrected chi connectivity index (χ2v) is 10.0. The highest BCUT2D eigenvalue weighted by Crippen LogP contribution is 2.52. The number of rotatable bonds is 4. The summed E-state index contributed by atoms with van der Waals surface area (Å²) in [5.41, 5.74) is 3.35. The van der Waals surface area contributed by atoms with Gasteiger partial charge in [-0.25, -0.2) is 0 Å². The number of pyridine rings is 1. The normalized spacial score (nSPS) is 35.9. The summed E-state index contributed by atoms with van der Waals surface area (Å²) in [6.07, 6.45) is 7.45. The number of nitrogens with zero attached hydrogens (tertiary/aromatic N) is 2. The molecule has 1 aromatic heterocycles. The molecule has 1 aromatic rings. The Hall–Kier alpha value is -1.50. The van der Waals surface area contributed by atoms with Crippen LogP contribution in [0.5, 0.6) is 0 Å². The third-order valence-electron chi connectivity index (χ3n) is 8.15. The number of hydrogen-bond donors (Lipinski definition) is 1. The van der Waals surface area contributed by atoms with E-state index in [1.165, 1.54) is 17.5 Å². The van der Waals surface area contributed by atoms with Gasteiger partial charge in [0.1, 0.15) is 0 Å². The van der Waals surface area contributed by atoms with E-state index in [9.17, 15) is 4.79 Å². The van der Waals surface area contributed by atoms with Crippen LogP contribution in [0.3, 0.4) is 0 Å². The Morgan fingerprint density at radius 1 is 1.47 bits per heavy atom. The van der Waals surface area contributed by atoms with Crippen LogP contribution in [0.15, 0.2) is 12.3 Å². The molecule has 1 aliphatic carbocycles. The molecule has 2 unspecified atom stereocenters. The summed E-state index contributed by atoms with van der Waals surface area (Å²) in [5.74, 6) is 2.02. The van der Waals surface area contributed by atoms with Crippen LogP contribution in [0.25, 0.3) is 0 Å². The predicted octanol–water partition coefficient (Wildman–Crippen LogP) is 2.33. The van der Waals surface area contributed by atoms with Gasteiger partial charge in [-0.2, -0.15) is 0 Å². The van der Waals surface area contributed by atoms with E-state index in [2.05, 4.69) is 28.2 Å². The van der Waals surface area contributed by atoms with Crippen LogP contribution in [-0.4, -0.2) is 61.9 Å². The van der Waals surface area contributed by atoms with Crippen molar-refractivity contribution >= 4 is 5.91 Å². The second-order valence-electron chi connectivity index (χ2n) is 10.0. The van der Waals surface area contributed by atoms with Crippen molar-refractivity contribution in [2.24, 2.45) is 23.2 Å². The Morgan fingerprint density at radius 2 is 2.37 bits per heavy atom. The zero-order valence-corrected chi connectivity index (χ0v) is 18.4. The minimum Gasteiger partial charge on any atom is -0.379 e. The number of carbonyl (C=O) groups is 1. The molecule has 6 nitrogen and oxygen atoms in total. The maximum atomic E-state index is 13.9. The van der Waals surface area contributed by atoms with Crippen LogP contribution in [-0.2, 0) is 27.2 Å². The molecule has 164 valence electrons. The highest BCUT2D eigenvalue weighted by atomic mass is 16.5. The van der Waals surface area contributed by atoms with Crippen molar-refractivity contribution in [2.75, 3.05) is 40.0 Å². The number of carbonyl (C=O) groups excluding carboxylic acids is 1. The van der Waals surface area contributed by atoms with Crippen molar-refractivity contribution in [3.63, 3.8) is 0 Å². The lowest BCUT2D eigenvalue weighted by molar-refractivity contribution is -0.143. The molecule has 4 heterocycles. The van der Waals surface area contributed by atoms with Crippen molar-refractivity contribution in [3.8, 4) is 0 Å². The first-order valence-electron chi connectivity index (χ1n) is 11.6. The van der Waals surface area contributed by atoms with Gasteiger partial charge < -0.3 is 19.7 Å². The smallest absolute Gasteiger partial charge is 0.230 e. The van der Waals surface area contributed by atoms with Gasteiger partial charge in [0.15, 0.2) is 0 Å². The molecule has 30 heavy (non-hydrogen) atoms. The van der Waals surface area contributed by atoms with E-state index in [-0.39, 0.29) is 11.5 Å². The third-order valence-corrected chi connectivity index (χ3v) is 8.15. The van der Waals surface area contributed by atoms with E-state index in [1.54, 1.807) is 7.11 Å². The highest BCUT2D eigenvalue weighted by Gasteiger charge is 2.56. The lowest BCUT2D eigenvalue weighted by atomic mass is 9.78. The Morgan fingerprint density at radius 3 is 3.23 bits per heavy atom. The minimum atomic E-state index is -0.215. The Balaban J connectivity index is 1.30. The van der Waals surface area contributed by atoms with E-state index < -0.39 is 0 Å². The largest absolute Gasteiger partial charge is 0.379 e. The van der Waals surface area contributed by atoms with Gasteiger partial charge in [0.25, 0.3) is 0 Å². The SMILES string of the molecule is COC1COCCC1C[C@@H]1C[C@H]2CNC[C@@]2(C(=O)N2CCc3ncc(C)cc3C2)C1. The van der Waals surface area contributed by atoms with E-state index in [4.69, 9.17) is 9.47 Å². The number of methoxy groups -OCH3 is 1. The van der Waals surface area contributed by atoms with Crippen molar-refractivity contribution < 1.29 is 14.3 Å². The summed E-state index contributed by atoms with van der Waals surface area (Å²) < 4.78 is 11.3. The molecule has 3 aliphatic heterocycles. The van der Waals surface area contributed by atoms with Gasteiger partial charge in [0.2, 0.25) is 5.91 Å². The average molecular weight is 414 g/mol. The van der Waals surface area contributed by atoms with Gasteiger partial charge in [-0.05, 0) is 68.0 Å². The molecule has 1 N–H and O–H groups in total. The fourth-order valence-corrected chi connectivity index (χ4v) is 6.62. The predicted molar refractivity (Wildman–Crippen MR) is 114 cm³/mol. The standard InChI is InChI=1S/C24H35N3O3/c1-16-7-19-13-27(5-3-21(19)26-11-16)23(28)24-10-17(9-20(24)12-25-15-24)8-18-4-6-30-14-22(18)29-2/h7,11,17-18,20,22,25H,3-6,8-10,12-15H2,1-2H3/t17-,18?,20+,22?,24+/m1/s1. The minimum absolute atomic E-state index is 0.207. The molecule has 0 bridgehead atoms. The number of amides is 1. The molecule has 2 saturated heterocycles. The van der Waals surface area contributed by atoms with Crippen LogP contribution in [0.4, 0.5) is 0 Å². The molecule has 5 atom stereocenters. The summed E-state index contributed by atoms with van der Waals surface area (Å²) in [7, 11) is 1.80. The molecule has 3 fully saturated rings. The fourth-order valence-electron chi connectivity index (χ4n) is 6.62. The summed E-state index contributed by atoms with van der Waals surface area (Å²) in [6.45, 7) is 6.96. The quantitative estimate of drug-likeness (QED) is 0.821. The number of hydrogen-bond acceptors (Lipinski definition) is 5. The van der Waals surface area contributed by atoms with E-state index >= 15 is 0 Å². The first-order valence-corrected chi connectivity index (χ1v) is 11.6. The fraction of sp³-hybridized carbons (Fsp3) is 0.750. The van der Waals surface area contributed by atoms with E-state index in [0.717, 1.165) is 57.6 Å². The molecular weight excluding hydrogens is 378 g/mol. The number of aromatic nitrogens is 1. The van der Waals surface area contributed by atoms with Crippen LogP contribution < -0.4 is 5.32 Å². The Bertz CT molecular complexity index is 800. The lowest BCUT2D eigenvalue weighted by Gasteiger charge is -2.37. The summed E-state index contributed by atoms with van der Waals surface area (Å²) >= 11 is 0. The number of fused-ring (bicyclic) bond motifs is 2. The van der Waals surface area contributed by atoms with Crippen molar-refractivity contribution in [3.05, 3.63) is 29.1 Å². The maximum Gasteiger partial charge on any atom is 0.230 e. The van der Waals surface area contributed by atoms with Crippen molar-refractivity contribution in [1.82, 2.24) is 15.2 Å². The first-order chi connectivity index (χ1) is 14.6. The zero-order chi connectivity index (χ0) is 20.7. The van der Waals surface area contributed by atoms with Gasteiger partial charge in [0, 0.05) is 51.7 Å². The Labute approximate surface area is 179 Å². The number of ether oxygens (including phenoxy) is 2. The van der Waals surface area contributed by atoms with Gasteiger partial charge in [0.05, 0.1) is 18.1 Å². The average Bonchev–Trinajstić information content (AvgIpc) is 3.31. The maximum absolute atomic E-state index is 13.9.